The third kappa shape index (κ3) is 4.74. The molecule has 5 heteroatoms. The molecule has 0 aromatic carbocycles. The first-order chi connectivity index (χ1) is 8.17. The summed E-state index contributed by atoms with van der Waals surface area (Å²) in [7, 11) is 1.25. The lowest BCUT2D eigenvalue weighted by molar-refractivity contribution is -0.0727. The van der Waals surface area contributed by atoms with Crippen molar-refractivity contribution in [2.24, 2.45) is 0 Å². The van der Waals surface area contributed by atoms with Gasteiger partial charge in [0.25, 0.3) is 0 Å². The van der Waals surface area contributed by atoms with Crippen molar-refractivity contribution in [2.45, 2.75) is 5.92 Å². The van der Waals surface area contributed by atoms with Crippen LogP contribution in [-0.2, 0) is 10.7 Å². The number of H-pyrrole nitrogens is 1. The number of alkyl halides is 2. The maximum Gasteiger partial charge on any atom is 0.310 e. The van der Waals surface area contributed by atoms with Crippen molar-refractivity contribution in [3.05, 3.63) is 54.6 Å². The number of rotatable bonds is 3. The highest BCUT2D eigenvalue weighted by molar-refractivity contribution is 5.10. The molecule has 0 spiro atoms. The van der Waals surface area contributed by atoms with E-state index in [2.05, 4.69) is 14.7 Å². The third-order valence-electron chi connectivity index (χ3n) is 1.88. The Bertz CT molecular complexity index is 363. The summed E-state index contributed by atoms with van der Waals surface area (Å²) < 4.78 is 30.0. The highest BCUT2D eigenvalue weighted by Gasteiger charge is 2.32. The van der Waals surface area contributed by atoms with E-state index in [9.17, 15) is 8.78 Å². The van der Waals surface area contributed by atoms with Crippen LogP contribution in [0.1, 0.15) is 5.69 Å². The summed E-state index contributed by atoms with van der Waals surface area (Å²) in [4.78, 5) is 6.22. The van der Waals surface area contributed by atoms with E-state index in [0.717, 1.165) is 0 Å². The fraction of sp³-hybridized carbons (Fsp3) is 0.250. The summed E-state index contributed by atoms with van der Waals surface area (Å²) in [6, 6.07) is 8.57. The van der Waals surface area contributed by atoms with Crippen LogP contribution in [0.2, 0.25) is 0 Å². The van der Waals surface area contributed by atoms with Crippen molar-refractivity contribution < 1.29 is 13.5 Å². The Kier molecular flexibility index (Phi) is 5.29. The Balaban J connectivity index is 0.000000202. The number of ether oxygens (including phenoxy) is 1. The number of hydrogen-bond donors (Lipinski definition) is 1. The summed E-state index contributed by atoms with van der Waals surface area (Å²) >= 11 is 0. The highest BCUT2D eigenvalue weighted by Crippen LogP contribution is 2.25. The van der Waals surface area contributed by atoms with Gasteiger partial charge in [-0.2, -0.15) is 8.78 Å². The van der Waals surface area contributed by atoms with Crippen molar-refractivity contribution >= 4 is 0 Å². The number of nitrogens with zero attached hydrogens (tertiary/aromatic N) is 1. The summed E-state index contributed by atoms with van der Waals surface area (Å²) in [5.41, 5.74) is -0.112. The predicted molar refractivity (Wildman–Crippen MR) is 60.8 cm³/mol. The minimum atomic E-state index is -2.90. The molecule has 0 aliphatic carbocycles. The summed E-state index contributed by atoms with van der Waals surface area (Å²) in [5.74, 6) is -2.90. The van der Waals surface area contributed by atoms with Crippen LogP contribution in [0.15, 0.2) is 48.9 Å². The Labute approximate surface area is 98.5 Å². The van der Waals surface area contributed by atoms with Crippen LogP contribution in [0.5, 0.6) is 0 Å². The van der Waals surface area contributed by atoms with Crippen molar-refractivity contribution in [3.63, 3.8) is 0 Å². The monoisotopic (exact) mass is 240 g/mol. The van der Waals surface area contributed by atoms with Gasteiger partial charge < -0.3 is 9.72 Å². The van der Waals surface area contributed by atoms with Gasteiger partial charge in [0.2, 0.25) is 0 Å². The Morgan fingerprint density at radius 1 is 1.24 bits per heavy atom. The molecule has 0 amide bonds. The zero-order chi connectivity index (χ0) is 12.6. The standard InChI is InChI=1S/C7H9F2NO.C5H5N/c1-11-5-7(8,9)6-3-2-4-10-6;1-2-4-6-5-3-1/h2-4,10H,5H2,1H3;1-5H. The topological polar surface area (TPSA) is 37.9 Å². The number of pyridine rings is 1. The summed E-state index contributed by atoms with van der Waals surface area (Å²) in [6.07, 6.45) is 4.96. The first-order valence-electron chi connectivity index (χ1n) is 5.02. The molecule has 2 rings (SSSR count). The molecular weight excluding hydrogens is 226 g/mol. The molecule has 2 aromatic heterocycles. The molecule has 0 aliphatic rings. The molecule has 3 nitrogen and oxygen atoms in total. The molecule has 0 fully saturated rings. The number of halogens is 2. The zero-order valence-corrected chi connectivity index (χ0v) is 9.44. The van der Waals surface area contributed by atoms with Crippen LogP contribution in [0.3, 0.4) is 0 Å². The molecule has 17 heavy (non-hydrogen) atoms. The smallest absolute Gasteiger partial charge is 0.310 e. The highest BCUT2D eigenvalue weighted by atomic mass is 19.3. The third-order valence-corrected chi connectivity index (χ3v) is 1.88. The maximum atomic E-state index is 12.8. The fourth-order valence-corrected chi connectivity index (χ4v) is 1.13. The van der Waals surface area contributed by atoms with Crippen molar-refractivity contribution in [2.75, 3.05) is 13.7 Å². The lowest BCUT2D eigenvalue weighted by Crippen LogP contribution is -2.20. The zero-order valence-electron chi connectivity index (χ0n) is 9.44. The van der Waals surface area contributed by atoms with E-state index in [-0.39, 0.29) is 5.69 Å². The summed E-state index contributed by atoms with van der Waals surface area (Å²) in [6.45, 7) is -0.590. The van der Waals surface area contributed by atoms with E-state index < -0.39 is 12.5 Å². The molecule has 0 radical (unpaired) electrons. The molecule has 0 bridgehead atoms. The van der Waals surface area contributed by atoms with Crippen LogP contribution in [0.4, 0.5) is 8.78 Å². The second-order valence-corrected chi connectivity index (χ2v) is 3.25. The molecule has 2 aromatic rings. The molecular formula is C12H14F2N2O. The number of methoxy groups -OCH3 is 1. The normalized spacial score (nSPS) is 10.5. The van der Waals surface area contributed by atoms with E-state index in [1.54, 1.807) is 12.4 Å². The average molecular weight is 240 g/mol. The molecule has 0 atom stereocenters. The molecule has 92 valence electrons. The van der Waals surface area contributed by atoms with Crippen LogP contribution in [0.25, 0.3) is 0 Å². The van der Waals surface area contributed by atoms with Gasteiger partial charge in [-0.3, -0.25) is 4.98 Å². The van der Waals surface area contributed by atoms with Crippen molar-refractivity contribution in [3.8, 4) is 0 Å². The average Bonchev–Trinajstić information content (AvgIpc) is 2.86. The SMILES string of the molecule is COCC(F)(F)c1ccc[nH]1.c1ccncc1. The predicted octanol–water partition coefficient (Wildman–Crippen LogP) is 2.83. The number of hydrogen-bond acceptors (Lipinski definition) is 2. The van der Waals surface area contributed by atoms with Gasteiger partial charge in [0.15, 0.2) is 0 Å². The molecule has 0 saturated carbocycles. The second kappa shape index (κ2) is 6.75. The van der Waals surface area contributed by atoms with Gasteiger partial charge in [0, 0.05) is 25.7 Å². The largest absolute Gasteiger partial charge is 0.378 e. The molecule has 1 N–H and O–H groups in total. The molecule has 2 heterocycles. The van der Waals surface area contributed by atoms with Gasteiger partial charge in [0.05, 0.1) is 5.69 Å². The van der Waals surface area contributed by atoms with Gasteiger partial charge in [-0.25, -0.2) is 0 Å². The van der Waals surface area contributed by atoms with E-state index in [4.69, 9.17) is 0 Å². The number of aromatic amines is 1. The van der Waals surface area contributed by atoms with Gasteiger partial charge >= 0.3 is 5.92 Å². The number of aromatic nitrogens is 2. The van der Waals surface area contributed by atoms with Crippen molar-refractivity contribution in [1.29, 1.82) is 0 Å². The molecule has 0 unspecified atom stereocenters. The van der Waals surface area contributed by atoms with E-state index in [1.807, 2.05) is 18.2 Å². The van der Waals surface area contributed by atoms with E-state index >= 15 is 0 Å². The lowest BCUT2D eigenvalue weighted by Gasteiger charge is -2.12. The van der Waals surface area contributed by atoms with E-state index in [0.29, 0.717) is 0 Å². The second-order valence-electron chi connectivity index (χ2n) is 3.25. The summed E-state index contributed by atoms with van der Waals surface area (Å²) in [5, 5.41) is 0. The fourth-order valence-electron chi connectivity index (χ4n) is 1.13. The Morgan fingerprint density at radius 3 is 2.29 bits per heavy atom. The lowest BCUT2D eigenvalue weighted by atomic mass is 10.2. The first-order valence-corrected chi connectivity index (χ1v) is 5.02. The first kappa shape index (κ1) is 13.3. The van der Waals surface area contributed by atoms with Crippen LogP contribution in [0, 0.1) is 0 Å². The minimum Gasteiger partial charge on any atom is -0.378 e. The van der Waals surface area contributed by atoms with Gasteiger partial charge in [0.1, 0.15) is 6.61 Å². The molecule has 0 saturated heterocycles. The minimum absolute atomic E-state index is 0.112. The van der Waals surface area contributed by atoms with Crippen molar-refractivity contribution in [1.82, 2.24) is 9.97 Å². The van der Waals surface area contributed by atoms with E-state index in [1.165, 1.54) is 25.4 Å². The van der Waals surface area contributed by atoms with Gasteiger partial charge in [-0.1, -0.05) is 6.07 Å². The Morgan fingerprint density at radius 2 is 1.94 bits per heavy atom. The number of nitrogens with one attached hydrogen (secondary N) is 1. The van der Waals surface area contributed by atoms with Crippen LogP contribution in [-0.4, -0.2) is 23.7 Å². The maximum absolute atomic E-state index is 12.8. The van der Waals surface area contributed by atoms with Gasteiger partial charge in [-0.05, 0) is 24.3 Å². The van der Waals surface area contributed by atoms with Gasteiger partial charge in [-0.15, -0.1) is 0 Å². The van der Waals surface area contributed by atoms with Crippen LogP contribution < -0.4 is 0 Å². The van der Waals surface area contributed by atoms with Crippen LogP contribution >= 0.6 is 0 Å². The quantitative estimate of drug-likeness (QED) is 0.895. The Hall–Kier alpha value is -1.75. The molecule has 0 aliphatic heterocycles.